The van der Waals surface area contributed by atoms with Crippen molar-refractivity contribution in [2.45, 2.75) is 43.1 Å². The number of pyridine rings is 1. The maximum Gasteiger partial charge on any atom is 0.338 e. The maximum absolute atomic E-state index is 11.9. The van der Waals surface area contributed by atoms with E-state index in [0.29, 0.717) is 40.7 Å². The van der Waals surface area contributed by atoms with Crippen LogP contribution in [0.4, 0.5) is 5.82 Å². The molecule has 3 aromatic rings. The number of carbonyl (C=O) groups excluding carboxylic acids is 1. The van der Waals surface area contributed by atoms with Crippen molar-refractivity contribution in [3.05, 3.63) is 57.6 Å². The van der Waals surface area contributed by atoms with Crippen LogP contribution in [0.3, 0.4) is 0 Å². The van der Waals surface area contributed by atoms with Crippen LogP contribution in [0.25, 0.3) is 10.6 Å². The normalized spacial score (nSPS) is 15.2. The zero-order valence-electron chi connectivity index (χ0n) is 19.1. The number of nitrogen functional groups attached to an aromatic ring is 1. The molecular formula is C25H23N5O3S2. The van der Waals surface area contributed by atoms with Gasteiger partial charge in [-0.1, -0.05) is 23.9 Å². The molecule has 8 nitrogen and oxygen atoms in total. The minimum Gasteiger partial charge on any atom is -0.462 e. The van der Waals surface area contributed by atoms with E-state index in [4.69, 9.17) is 20.2 Å². The standard InChI is InChI=1S/C25H23N5O3S2/c1-2-32-25(31)16-8-6-15(7-9-16)23-29-17(13-34-23)14-35-24-19(12-27)21(18(11-26)22(28)30-24)20-5-3-4-10-33-20/h6-9,13,20H,2-5,10,14H2,1H3,(H2,28,30). The lowest BCUT2D eigenvalue weighted by atomic mass is 9.94. The van der Waals surface area contributed by atoms with E-state index in [1.165, 1.54) is 23.1 Å². The van der Waals surface area contributed by atoms with E-state index in [9.17, 15) is 15.3 Å². The minimum atomic E-state index is -0.351. The molecule has 35 heavy (non-hydrogen) atoms. The van der Waals surface area contributed by atoms with Crippen molar-refractivity contribution in [3.8, 4) is 22.7 Å². The van der Waals surface area contributed by atoms with Gasteiger partial charge in [0, 0.05) is 28.9 Å². The SMILES string of the molecule is CCOC(=O)c1ccc(-c2nc(CSc3nc(N)c(C#N)c(C4CCCCO4)c3C#N)cs2)cc1. The summed E-state index contributed by atoms with van der Waals surface area (Å²) in [6, 6.07) is 11.5. The number of thiazole rings is 1. The maximum atomic E-state index is 11.9. The number of nitriles is 2. The molecule has 1 atom stereocenters. The molecule has 0 bridgehead atoms. The fourth-order valence-electron chi connectivity index (χ4n) is 3.83. The molecule has 10 heteroatoms. The van der Waals surface area contributed by atoms with Crippen molar-refractivity contribution in [1.82, 2.24) is 9.97 Å². The highest BCUT2D eigenvalue weighted by molar-refractivity contribution is 7.98. The molecule has 0 aliphatic carbocycles. The molecule has 2 aromatic heterocycles. The summed E-state index contributed by atoms with van der Waals surface area (Å²) in [6.07, 6.45) is 2.33. The van der Waals surface area contributed by atoms with Gasteiger partial charge in [0.15, 0.2) is 0 Å². The van der Waals surface area contributed by atoms with Crippen LogP contribution < -0.4 is 5.73 Å². The number of benzene rings is 1. The van der Waals surface area contributed by atoms with E-state index in [1.807, 2.05) is 17.5 Å². The molecule has 4 rings (SSSR count). The predicted molar refractivity (Wildman–Crippen MR) is 134 cm³/mol. The molecule has 1 fully saturated rings. The molecule has 1 aromatic carbocycles. The summed E-state index contributed by atoms with van der Waals surface area (Å²) in [4.78, 5) is 20.9. The first-order chi connectivity index (χ1) is 17.0. The van der Waals surface area contributed by atoms with Gasteiger partial charge in [-0.05, 0) is 38.3 Å². The number of esters is 1. The molecule has 1 aliphatic heterocycles. The Kier molecular flexibility index (Phi) is 7.98. The smallest absolute Gasteiger partial charge is 0.338 e. The van der Waals surface area contributed by atoms with Gasteiger partial charge in [-0.15, -0.1) is 11.3 Å². The van der Waals surface area contributed by atoms with E-state index in [1.54, 1.807) is 19.1 Å². The van der Waals surface area contributed by atoms with Gasteiger partial charge in [-0.3, -0.25) is 0 Å². The summed E-state index contributed by atoms with van der Waals surface area (Å²) in [6.45, 7) is 2.69. The summed E-state index contributed by atoms with van der Waals surface area (Å²) >= 11 is 2.85. The molecule has 2 N–H and O–H groups in total. The van der Waals surface area contributed by atoms with E-state index < -0.39 is 0 Å². The second kappa shape index (κ2) is 11.3. The second-order valence-electron chi connectivity index (χ2n) is 7.78. The number of rotatable bonds is 7. The lowest BCUT2D eigenvalue weighted by molar-refractivity contribution is 0.0145. The van der Waals surface area contributed by atoms with Gasteiger partial charge in [0.05, 0.1) is 29.5 Å². The van der Waals surface area contributed by atoms with Crippen molar-refractivity contribution in [2.24, 2.45) is 0 Å². The monoisotopic (exact) mass is 505 g/mol. The van der Waals surface area contributed by atoms with E-state index in [2.05, 4.69) is 17.1 Å². The van der Waals surface area contributed by atoms with Gasteiger partial charge in [0.1, 0.15) is 33.6 Å². The number of aromatic nitrogens is 2. The van der Waals surface area contributed by atoms with E-state index in [0.717, 1.165) is 35.5 Å². The zero-order valence-corrected chi connectivity index (χ0v) is 20.7. The Balaban J connectivity index is 1.54. The average Bonchev–Trinajstić information content (AvgIpc) is 3.37. The summed E-state index contributed by atoms with van der Waals surface area (Å²) < 4.78 is 10.9. The van der Waals surface area contributed by atoms with Crippen LogP contribution in [0.2, 0.25) is 0 Å². The number of ether oxygens (including phenoxy) is 2. The Morgan fingerprint density at radius 2 is 2.00 bits per heavy atom. The third-order valence-corrected chi connectivity index (χ3v) is 7.46. The largest absolute Gasteiger partial charge is 0.462 e. The Hall–Kier alpha value is -3.44. The quantitative estimate of drug-likeness (QED) is 0.338. The minimum absolute atomic E-state index is 0.110. The number of hydrogen-bond acceptors (Lipinski definition) is 10. The van der Waals surface area contributed by atoms with Gasteiger partial charge in [0.2, 0.25) is 0 Å². The highest BCUT2D eigenvalue weighted by Gasteiger charge is 2.27. The van der Waals surface area contributed by atoms with Gasteiger partial charge >= 0.3 is 5.97 Å². The molecular weight excluding hydrogens is 482 g/mol. The predicted octanol–water partition coefficient (Wildman–Crippen LogP) is 5.24. The summed E-state index contributed by atoms with van der Waals surface area (Å²) in [5.41, 5.74) is 9.44. The molecule has 0 saturated carbocycles. The highest BCUT2D eigenvalue weighted by atomic mass is 32.2. The fourth-order valence-corrected chi connectivity index (χ4v) is 5.66. The van der Waals surface area contributed by atoms with Gasteiger partial charge in [-0.2, -0.15) is 10.5 Å². The summed E-state index contributed by atoms with van der Waals surface area (Å²) in [7, 11) is 0. The van der Waals surface area contributed by atoms with E-state index in [-0.39, 0.29) is 23.5 Å². The van der Waals surface area contributed by atoms with Crippen molar-refractivity contribution in [1.29, 1.82) is 10.5 Å². The van der Waals surface area contributed by atoms with Crippen molar-refractivity contribution >= 4 is 34.9 Å². The molecule has 1 unspecified atom stereocenters. The molecule has 0 amide bonds. The topological polar surface area (TPSA) is 135 Å². The van der Waals surface area contributed by atoms with E-state index >= 15 is 0 Å². The van der Waals surface area contributed by atoms with Crippen LogP contribution in [-0.2, 0) is 15.2 Å². The van der Waals surface area contributed by atoms with Gasteiger partial charge in [0.25, 0.3) is 0 Å². The lowest BCUT2D eigenvalue weighted by Crippen LogP contribution is -2.16. The first-order valence-electron chi connectivity index (χ1n) is 11.2. The first kappa shape index (κ1) is 24.7. The Labute approximate surface area is 211 Å². The fraction of sp³-hybridized carbons (Fsp3) is 0.320. The van der Waals surface area contributed by atoms with Crippen molar-refractivity contribution in [2.75, 3.05) is 18.9 Å². The number of hydrogen-bond donors (Lipinski definition) is 1. The van der Waals surface area contributed by atoms with Gasteiger partial charge < -0.3 is 15.2 Å². The van der Waals surface area contributed by atoms with Crippen LogP contribution >= 0.6 is 23.1 Å². The third-order valence-electron chi connectivity index (χ3n) is 5.51. The van der Waals surface area contributed by atoms with Crippen molar-refractivity contribution in [3.63, 3.8) is 0 Å². The Bertz CT molecular complexity index is 1300. The second-order valence-corrected chi connectivity index (χ2v) is 9.60. The third kappa shape index (κ3) is 5.46. The number of nitrogens with zero attached hydrogens (tertiary/aromatic N) is 4. The van der Waals surface area contributed by atoms with Crippen LogP contribution in [-0.4, -0.2) is 29.2 Å². The zero-order chi connectivity index (χ0) is 24.8. The number of anilines is 1. The van der Waals surface area contributed by atoms with Crippen LogP contribution in [0, 0.1) is 22.7 Å². The molecule has 1 saturated heterocycles. The average molecular weight is 506 g/mol. The van der Waals surface area contributed by atoms with Crippen LogP contribution in [0.5, 0.6) is 0 Å². The van der Waals surface area contributed by atoms with Gasteiger partial charge in [-0.25, -0.2) is 14.8 Å². The summed E-state index contributed by atoms with van der Waals surface area (Å²) in [5, 5.41) is 22.8. The molecule has 1 aliphatic rings. The number of thioether (sulfide) groups is 1. The Morgan fingerprint density at radius 1 is 1.23 bits per heavy atom. The van der Waals surface area contributed by atoms with Crippen LogP contribution in [0.15, 0.2) is 34.7 Å². The number of carbonyl (C=O) groups is 1. The molecule has 0 radical (unpaired) electrons. The van der Waals surface area contributed by atoms with Crippen LogP contribution in [0.1, 0.15) is 65.0 Å². The lowest BCUT2D eigenvalue weighted by Gasteiger charge is -2.25. The summed E-state index contributed by atoms with van der Waals surface area (Å²) in [5.74, 6) is 0.240. The Morgan fingerprint density at radius 3 is 2.66 bits per heavy atom. The number of nitrogens with two attached hydrogens (primary N) is 1. The molecule has 178 valence electrons. The highest BCUT2D eigenvalue weighted by Crippen LogP contribution is 2.38. The molecule has 0 spiro atoms. The first-order valence-corrected chi connectivity index (χ1v) is 13.0. The molecule has 3 heterocycles. The van der Waals surface area contributed by atoms with Crippen molar-refractivity contribution < 1.29 is 14.3 Å².